The third-order valence-corrected chi connectivity index (χ3v) is 8.41. The van der Waals surface area contributed by atoms with Crippen molar-refractivity contribution in [1.29, 1.82) is 5.26 Å². The van der Waals surface area contributed by atoms with E-state index in [1.807, 2.05) is 6.07 Å². The van der Waals surface area contributed by atoms with Crippen molar-refractivity contribution in [3.05, 3.63) is 86.5 Å². The van der Waals surface area contributed by atoms with Crippen molar-refractivity contribution in [2.45, 2.75) is 37.7 Å². The number of carbonyl (C=O) groups is 1. The van der Waals surface area contributed by atoms with Gasteiger partial charge in [0.05, 0.1) is 35.1 Å². The Morgan fingerprint density at radius 1 is 1.25 bits per heavy atom. The summed E-state index contributed by atoms with van der Waals surface area (Å²) >= 11 is 0. The van der Waals surface area contributed by atoms with E-state index in [1.54, 1.807) is 0 Å². The Hall–Kier alpha value is -4.38. The van der Waals surface area contributed by atoms with Gasteiger partial charge in [0.25, 0.3) is 0 Å². The average molecular weight is 576 g/mol. The standard InChI is InChI=1S/C26H24F3N5O5S/c1-14(40(4,37)38)10-17-11-16(13-30)8-9-20(17)22-21(23(35)39-3)15(2)33(24-31-32-25(36)34(22)24)19-7-5-6-18(12-19)26(27,28)29/h5-9,11-12,14,22H,10H2,1-4H3,(H,32,36)/t14?,22-/m1/s1. The summed E-state index contributed by atoms with van der Waals surface area (Å²) < 4.78 is 71.2. The SMILES string of the molecule is COC(=O)C1=C(C)N(c2cccc(C(F)(F)F)c2)c2n[nH]c(=O)n2[C@@H]1c1ccc(C#N)cc1CC(C)S(C)(=O)=O. The van der Waals surface area contributed by atoms with Crippen molar-refractivity contribution in [3.8, 4) is 6.07 Å². The van der Waals surface area contributed by atoms with Crippen LogP contribution in [0.2, 0.25) is 0 Å². The molecule has 0 amide bonds. The van der Waals surface area contributed by atoms with Crippen LogP contribution in [0.5, 0.6) is 0 Å². The number of anilines is 2. The molecule has 40 heavy (non-hydrogen) atoms. The van der Waals surface area contributed by atoms with Gasteiger partial charge in [0.1, 0.15) is 15.9 Å². The number of alkyl halides is 3. The van der Waals surface area contributed by atoms with E-state index in [9.17, 15) is 36.4 Å². The highest BCUT2D eigenvalue weighted by Crippen LogP contribution is 2.43. The molecule has 2 atom stereocenters. The number of hydrogen-bond donors (Lipinski definition) is 1. The number of hydrogen-bond acceptors (Lipinski definition) is 8. The van der Waals surface area contributed by atoms with E-state index in [1.165, 1.54) is 49.1 Å². The largest absolute Gasteiger partial charge is 0.466 e. The molecule has 1 aliphatic rings. The molecule has 1 N–H and O–H groups in total. The molecule has 4 rings (SSSR count). The van der Waals surface area contributed by atoms with Crippen molar-refractivity contribution in [1.82, 2.24) is 14.8 Å². The number of aromatic amines is 1. The molecule has 210 valence electrons. The summed E-state index contributed by atoms with van der Waals surface area (Å²) in [6.45, 7) is 2.97. The van der Waals surface area contributed by atoms with E-state index in [0.29, 0.717) is 11.1 Å². The quantitative estimate of drug-likeness (QED) is 0.440. The number of ether oxygens (including phenoxy) is 1. The summed E-state index contributed by atoms with van der Waals surface area (Å²) in [5.74, 6) is -0.976. The third-order valence-electron chi connectivity index (χ3n) is 6.78. The van der Waals surface area contributed by atoms with Crippen molar-refractivity contribution in [2.75, 3.05) is 18.3 Å². The zero-order valence-electron chi connectivity index (χ0n) is 21.8. The Morgan fingerprint density at radius 3 is 2.55 bits per heavy atom. The molecule has 0 radical (unpaired) electrons. The highest BCUT2D eigenvalue weighted by atomic mass is 32.2. The second-order valence-electron chi connectivity index (χ2n) is 9.35. The number of fused-ring (bicyclic) bond motifs is 1. The third kappa shape index (κ3) is 5.12. The number of esters is 1. The number of nitrogens with zero attached hydrogens (tertiary/aromatic N) is 4. The summed E-state index contributed by atoms with van der Waals surface area (Å²) in [6, 6.07) is 9.55. The number of carbonyl (C=O) groups excluding carboxylic acids is 1. The van der Waals surface area contributed by atoms with E-state index in [4.69, 9.17) is 4.74 Å². The van der Waals surface area contributed by atoms with Crippen LogP contribution in [-0.4, -0.2) is 47.8 Å². The molecule has 1 aliphatic heterocycles. The molecule has 0 fully saturated rings. The molecule has 10 nitrogen and oxygen atoms in total. The highest BCUT2D eigenvalue weighted by Gasteiger charge is 2.41. The second kappa shape index (κ2) is 10.3. The maximum absolute atomic E-state index is 13.5. The first-order chi connectivity index (χ1) is 18.7. The van der Waals surface area contributed by atoms with Gasteiger partial charge in [0, 0.05) is 17.6 Å². The molecule has 14 heteroatoms. The number of aromatic nitrogens is 3. The van der Waals surface area contributed by atoms with E-state index in [2.05, 4.69) is 10.2 Å². The number of halogens is 3. The van der Waals surface area contributed by atoms with Crippen LogP contribution in [0, 0.1) is 11.3 Å². The predicted molar refractivity (Wildman–Crippen MR) is 138 cm³/mol. The van der Waals surface area contributed by atoms with Crippen LogP contribution >= 0.6 is 0 Å². The molecule has 1 aromatic heterocycles. The van der Waals surface area contributed by atoms with Crippen LogP contribution in [0.4, 0.5) is 24.8 Å². The minimum atomic E-state index is -4.66. The van der Waals surface area contributed by atoms with Gasteiger partial charge in [-0.25, -0.2) is 27.7 Å². The van der Waals surface area contributed by atoms with Gasteiger partial charge in [-0.1, -0.05) is 12.1 Å². The minimum absolute atomic E-state index is 0.0156. The Balaban J connectivity index is 2.03. The maximum Gasteiger partial charge on any atom is 0.416 e. The lowest BCUT2D eigenvalue weighted by Crippen LogP contribution is -2.38. The van der Waals surface area contributed by atoms with Crippen LogP contribution in [0.3, 0.4) is 0 Å². The number of sulfone groups is 1. The molecule has 0 aliphatic carbocycles. The van der Waals surface area contributed by atoms with Crippen molar-refractivity contribution < 1.29 is 31.1 Å². The molecule has 0 bridgehead atoms. The maximum atomic E-state index is 13.5. The number of nitrogens with one attached hydrogen (secondary N) is 1. The van der Waals surface area contributed by atoms with Gasteiger partial charge in [-0.15, -0.1) is 5.10 Å². The van der Waals surface area contributed by atoms with Gasteiger partial charge in [0.2, 0.25) is 5.95 Å². The fourth-order valence-electron chi connectivity index (χ4n) is 4.66. The fraction of sp³-hybridized carbons (Fsp3) is 0.308. The Bertz CT molecular complexity index is 1730. The normalized spacial score (nSPS) is 16.4. The van der Waals surface area contributed by atoms with Gasteiger partial charge < -0.3 is 4.74 Å². The van der Waals surface area contributed by atoms with Gasteiger partial charge in [-0.05, 0) is 61.7 Å². The minimum Gasteiger partial charge on any atom is -0.466 e. The molecule has 0 saturated heterocycles. The van der Waals surface area contributed by atoms with Gasteiger partial charge >= 0.3 is 17.8 Å². The van der Waals surface area contributed by atoms with Gasteiger partial charge in [-0.2, -0.15) is 18.4 Å². The lowest BCUT2D eigenvalue weighted by atomic mass is 9.88. The molecule has 1 unspecified atom stereocenters. The summed E-state index contributed by atoms with van der Waals surface area (Å²) in [5.41, 5.74) is -0.780. The number of H-pyrrole nitrogens is 1. The van der Waals surface area contributed by atoms with Gasteiger partial charge in [-0.3, -0.25) is 4.90 Å². The summed E-state index contributed by atoms with van der Waals surface area (Å²) in [6.07, 6.45) is -3.63. The number of nitriles is 1. The lowest BCUT2D eigenvalue weighted by molar-refractivity contribution is -0.138. The summed E-state index contributed by atoms with van der Waals surface area (Å²) in [7, 11) is -2.39. The number of benzene rings is 2. The first-order valence-electron chi connectivity index (χ1n) is 11.8. The summed E-state index contributed by atoms with van der Waals surface area (Å²) in [5, 5.41) is 14.9. The van der Waals surface area contributed by atoms with Crippen molar-refractivity contribution in [2.24, 2.45) is 0 Å². The first-order valence-corrected chi connectivity index (χ1v) is 13.8. The van der Waals surface area contributed by atoms with Crippen LogP contribution < -0.4 is 10.6 Å². The molecular weight excluding hydrogens is 551 g/mol. The van der Waals surface area contributed by atoms with Crippen molar-refractivity contribution >= 4 is 27.4 Å². The number of rotatable bonds is 6. The summed E-state index contributed by atoms with van der Waals surface area (Å²) in [4.78, 5) is 27.6. The predicted octanol–water partition coefficient (Wildman–Crippen LogP) is 3.63. The molecular formula is C26H24F3N5O5S. The smallest absolute Gasteiger partial charge is 0.416 e. The monoisotopic (exact) mass is 575 g/mol. The van der Waals surface area contributed by atoms with Crippen LogP contribution in [0.25, 0.3) is 0 Å². The van der Waals surface area contributed by atoms with Crippen LogP contribution in [-0.2, 0) is 32.0 Å². The molecule has 0 spiro atoms. The Morgan fingerprint density at radius 2 is 1.95 bits per heavy atom. The zero-order valence-corrected chi connectivity index (χ0v) is 22.6. The average Bonchev–Trinajstić information content (AvgIpc) is 3.27. The molecule has 0 saturated carbocycles. The van der Waals surface area contributed by atoms with Crippen LogP contribution in [0.1, 0.15) is 42.1 Å². The Kier molecular flexibility index (Phi) is 7.37. The van der Waals surface area contributed by atoms with E-state index < -0.39 is 44.5 Å². The fourth-order valence-corrected chi connectivity index (χ4v) is 5.14. The number of allylic oxidation sites excluding steroid dienone is 1. The highest BCUT2D eigenvalue weighted by molar-refractivity contribution is 7.91. The molecule has 3 aromatic rings. The second-order valence-corrected chi connectivity index (χ2v) is 11.8. The Labute approximate surface area is 227 Å². The first kappa shape index (κ1) is 28.6. The topological polar surface area (TPSA) is 138 Å². The van der Waals surface area contributed by atoms with E-state index in [-0.39, 0.29) is 34.9 Å². The molecule has 2 aromatic carbocycles. The van der Waals surface area contributed by atoms with Crippen molar-refractivity contribution in [3.63, 3.8) is 0 Å². The number of methoxy groups -OCH3 is 1. The van der Waals surface area contributed by atoms with Gasteiger partial charge in [0.15, 0.2) is 0 Å². The lowest BCUT2D eigenvalue weighted by Gasteiger charge is -2.36. The van der Waals surface area contributed by atoms with E-state index in [0.717, 1.165) is 30.1 Å². The molecule has 2 heterocycles. The van der Waals surface area contributed by atoms with E-state index >= 15 is 0 Å². The van der Waals surface area contributed by atoms with Crippen LogP contribution in [0.15, 0.2) is 58.5 Å². The zero-order chi connectivity index (χ0) is 29.6.